The van der Waals surface area contributed by atoms with Crippen molar-refractivity contribution < 1.29 is 14.4 Å². The predicted molar refractivity (Wildman–Crippen MR) is 82.1 cm³/mol. The second-order valence-corrected chi connectivity index (χ2v) is 4.45. The first-order valence-corrected chi connectivity index (χ1v) is 6.80. The summed E-state index contributed by atoms with van der Waals surface area (Å²) in [7, 11) is 1.58. The molecule has 1 atom stereocenters. The molecule has 5 heteroatoms. The van der Waals surface area contributed by atoms with Gasteiger partial charge in [-0.15, -0.1) is 6.58 Å². The molecule has 0 spiro atoms. The lowest BCUT2D eigenvalue weighted by atomic mass is 10.1. The van der Waals surface area contributed by atoms with Crippen molar-refractivity contribution in [1.82, 2.24) is 0 Å². The molecule has 1 aromatic carbocycles. The van der Waals surface area contributed by atoms with Crippen LogP contribution in [-0.4, -0.2) is 25.2 Å². The zero-order valence-electron chi connectivity index (χ0n) is 12.2. The van der Waals surface area contributed by atoms with Gasteiger partial charge in [-0.25, -0.2) is 0 Å². The van der Waals surface area contributed by atoms with E-state index in [1.807, 2.05) is 18.2 Å². The standard InChI is InChI=1S/C16H21NO4/c1-3-4-5-6-7-12-21-16(13-17(18)19)14-8-10-15(20-2)11-9-14/h3,6-11,16H,1,4-5,12-13H2,2H3/b7-6+/t16-/m1/s1. The van der Waals surface area contributed by atoms with Crippen LogP contribution in [0.3, 0.4) is 0 Å². The third-order valence-corrected chi connectivity index (χ3v) is 2.90. The summed E-state index contributed by atoms with van der Waals surface area (Å²) in [5.74, 6) is 0.711. The number of hydrogen-bond acceptors (Lipinski definition) is 4. The highest BCUT2D eigenvalue weighted by Crippen LogP contribution is 2.21. The van der Waals surface area contributed by atoms with Crippen molar-refractivity contribution in [3.63, 3.8) is 0 Å². The normalized spacial score (nSPS) is 12.2. The second-order valence-electron chi connectivity index (χ2n) is 4.45. The number of nitro groups is 1. The van der Waals surface area contributed by atoms with E-state index in [9.17, 15) is 10.1 Å². The summed E-state index contributed by atoms with van der Waals surface area (Å²) < 4.78 is 10.7. The lowest BCUT2D eigenvalue weighted by Crippen LogP contribution is -2.16. The van der Waals surface area contributed by atoms with Crippen LogP contribution in [0.2, 0.25) is 0 Å². The highest BCUT2D eigenvalue weighted by Gasteiger charge is 2.18. The summed E-state index contributed by atoms with van der Waals surface area (Å²) in [6, 6.07) is 7.11. The lowest BCUT2D eigenvalue weighted by molar-refractivity contribution is -0.492. The van der Waals surface area contributed by atoms with Gasteiger partial charge in [0.25, 0.3) is 0 Å². The van der Waals surface area contributed by atoms with Crippen molar-refractivity contribution in [2.75, 3.05) is 20.3 Å². The second kappa shape index (κ2) is 9.72. The number of allylic oxidation sites excluding steroid dienone is 2. The molecule has 0 unspecified atom stereocenters. The maximum absolute atomic E-state index is 10.8. The minimum absolute atomic E-state index is 0.257. The number of benzene rings is 1. The molecule has 0 saturated heterocycles. The molecule has 0 bridgehead atoms. The van der Waals surface area contributed by atoms with Gasteiger partial charge in [0.05, 0.1) is 13.7 Å². The van der Waals surface area contributed by atoms with E-state index in [0.717, 1.165) is 18.4 Å². The van der Waals surface area contributed by atoms with Crippen molar-refractivity contribution in [2.45, 2.75) is 18.9 Å². The minimum atomic E-state index is -0.560. The Morgan fingerprint density at radius 2 is 2.00 bits per heavy atom. The highest BCUT2D eigenvalue weighted by atomic mass is 16.6. The van der Waals surface area contributed by atoms with Crippen molar-refractivity contribution in [3.05, 3.63) is 64.8 Å². The van der Waals surface area contributed by atoms with E-state index in [4.69, 9.17) is 9.47 Å². The molecule has 0 heterocycles. The first kappa shape index (κ1) is 16.9. The van der Waals surface area contributed by atoms with E-state index in [-0.39, 0.29) is 11.5 Å². The monoisotopic (exact) mass is 291 g/mol. The van der Waals surface area contributed by atoms with Crippen LogP contribution < -0.4 is 4.74 Å². The molecule has 5 nitrogen and oxygen atoms in total. The maximum atomic E-state index is 10.8. The average Bonchev–Trinajstić information content (AvgIpc) is 2.49. The van der Waals surface area contributed by atoms with Crippen LogP contribution >= 0.6 is 0 Å². The Hall–Kier alpha value is -2.14. The highest BCUT2D eigenvalue weighted by molar-refractivity contribution is 5.28. The third kappa shape index (κ3) is 6.72. The van der Waals surface area contributed by atoms with E-state index >= 15 is 0 Å². The molecule has 0 saturated carbocycles. The third-order valence-electron chi connectivity index (χ3n) is 2.90. The van der Waals surface area contributed by atoms with Gasteiger partial charge in [0, 0.05) is 4.92 Å². The van der Waals surface area contributed by atoms with Gasteiger partial charge in [-0.05, 0) is 30.5 Å². The summed E-state index contributed by atoms with van der Waals surface area (Å²) in [5, 5.41) is 10.8. The molecule has 1 rings (SSSR count). The minimum Gasteiger partial charge on any atom is -0.497 e. The first-order chi connectivity index (χ1) is 10.2. The van der Waals surface area contributed by atoms with Gasteiger partial charge in [0.15, 0.2) is 0 Å². The fraction of sp³-hybridized carbons (Fsp3) is 0.375. The molecule has 0 N–H and O–H groups in total. The van der Waals surface area contributed by atoms with Crippen molar-refractivity contribution >= 4 is 0 Å². The van der Waals surface area contributed by atoms with Gasteiger partial charge >= 0.3 is 0 Å². The molecular weight excluding hydrogens is 270 g/mol. The molecule has 0 amide bonds. The summed E-state index contributed by atoms with van der Waals surface area (Å²) >= 11 is 0. The number of nitrogens with zero attached hydrogens (tertiary/aromatic N) is 1. The smallest absolute Gasteiger partial charge is 0.233 e. The quantitative estimate of drug-likeness (QED) is 0.286. The van der Waals surface area contributed by atoms with E-state index in [0.29, 0.717) is 12.4 Å². The maximum Gasteiger partial charge on any atom is 0.233 e. The van der Waals surface area contributed by atoms with Crippen molar-refractivity contribution in [1.29, 1.82) is 0 Å². The summed E-state index contributed by atoms with van der Waals surface area (Å²) in [4.78, 5) is 10.4. The number of ether oxygens (including phenoxy) is 2. The van der Waals surface area contributed by atoms with E-state index in [1.54, 1.807) is 31.4 Å². The lowest BCUT2D eigenvalue weighted by Gasteiger charge is -2.13. The molecule has 114 valence electrons. The van der Waals surface area contributed by atoms with E-state index in [1.165, 1.54) is 0 Å². The summed E-state index contributed by atoms with van der Waals surface area (Å²) in [6.45, 7) is 3.73. The molecule has 0 aliphatic rings. The zero-order chi connectivity index (χ0) is 15.5. The number of hydrogen-bond donors (Lipinski definition) is 0. The van der Waals surface area contributed by atoms with Crippen LogP contribution in [0, 0.1) is 10.1 Å². The Kier molecular flexibility index (Phi) is 7.82. The molecule has 1 aromatic rings. The SMILES string of the molecule is C=CCC/C=C/CO[C@H](C[N+](=O)[O-])c1ccc(OC)cc1. The van der Waals surface area contributed by atoms with Crippen LogP contribution in [0.1, 0.15) is 24.5 Å². The molecule has 0 aromatic heterocycles. The molecule has 0 aliphatic carbocycles. The van der Waals surface area contributed by atoms with Crippen LogP contribution in [-0.2, 0) is 4.74 Å². The molecule has 0 radical (unpaired) electrons. The van der Waals surface area contributed by atoms with Gasteiger partial charge < -0.3 is 9.47 Å². The predicted octanol–water partition coefficient (Wildman–Crippen LogP) is 3.55. The van der Waals surface area contributed by atoms with Gasteiger partial charge in [0.2, 0.25) is 6.54 Å². The first-order valence-electron chi connectivity index (χ1n) is 6.80. The summed E-state index contributed by atoms with van der Waals surface area (Å²) in [5.41, 5.74) is 0.770. The Balaban J connectivity index is 2.59. The van der Waals surface area contributed by atoms with Crippen molar-refractivity contribution in [2.24, 2.45) is 0 Å². The molecule has 0 aliphatic heterocycles. The number of unbranched alkanes of at least 4 members (excludes halogenated alkanes) is 1. The Bertz CT molecular complexity index is 468. The van der Waals surface area contributed by atoms with Crippen LogP contribution in [0.5, 0.6) is 5.75 Å². The molecule has 21 heavy (non-hydrogen) atoms. The zero-order valence-corrected chi connectivity index (χ0v) is 12.2. The fourth-order valence-corrected chi connectivity index (χ4v) is 1.78. The Labute approximate surface area is 125 Å². The van der Waals surface area contributed by atoms with Crippen LogP contribution in [0.15, 0.2) is 49.1 Å². The Morgan fingerprint density at radius 3 is 2.57 bits per heavy atom. The van der Waals surface area contributed by atoms with Gasteiger partial charge in [0.1, 0.15) is 11.9 Å². The largest absolute Gasteiger partial charge is 0.497 e. The fourth-order valence-electron chi connectivity index (χ4n) is 1.78. The number of rotatable bonds is 10. The Morgan fingerprint density at radius 1 is 1.29 bits per heavy atom. The van der Waals surface area contributed by atoms with Crippen LogP contribution in [0.25, 0.3) is 0 Å². The topological polar surface area (TPSA) is 61.6 Å². The van der Waals surface area contributed by atoms with E-state index < -0.39 is 6.10 Å². The van der Waals surface area contributed by atoms with Gasteiger partial charge in [-0.3, -0.25) is 10.1 Å². The molecular formula is C16H21NO4. The van der Waals surface area contributed by atoms with Crippen LogP contribution in [0.4, 0.5) is 0 Å². The van der Waals surface area contributed by atoms with Gasteiger partial charge in [-0.1, -0.05) is 30.4 Å². The van der Waals surface area contributed by atoms with Gasteiger partial charge in [-0.2, -0.15) is 0 Å². The van der Waals surface area contributed by atoms with E-state index in [2.05, 4.69) is 6.58 Å². The molecule has 0 fully saturated rings. The number of methoxy groups -OCH3 is 1. The summed E-state index contributed by atoms with van der Waals surface area (Å²) in [6.07, 6.45) is 6.95. The van der Waals surface area contributed by atoms with Crippen molar-refractivity contribution in [3.8, 4) is 5.75 Å². The average molecular weight is 291 g/mol.